The van der Waals surface area contributed by atoms with E-state index in [1.807, 2.05) is 24.3 Å². The largest absolute Gasteiger partial charge is 0.192 e. The monoisotopic (exact) mass is 216 g/mol. The summed E-state index contributed by atoms with van der Waals surface area (Å²) in [6.07, 6.45) is 0. The standard InChI is InChI=1S/C15H8N2/c1-11-8-13(10-17)4-7-15(11)14-5-2-12(9-16)3-6-14/h1-8H. The van der Waals surface area contributed by atoms with E-state index in [0.717, 1.165) is 11.1 Å². The summed E-state index contributed by atoms with van der Waals surface area (Å²) in [6, 6.07) is 16.5. The molecule has 0 N–H and O–H groups in total. The van der Waals surface area contributed by atoms with Gasteiger partial charge in [-0.3, -0.25) is 0 Å². The van der Waals surface area contributed by atoms with Gasteiger partial charge in [0.15, 0.2) is 0 Å². The molecule has 0 heterocycles. The Morgan fingerprint density at radius 1 is 0.824 bits per heavy atom. The van der Waals surface area contributed by atoms with Gasteiger partial charge in [-0.25, -0.2) is 0 Å². The number of nitriles is 2. The summed E-state index contributed by atoms with van der Waals surface area (Å²) < 4.78 is 0. The van der Waals surface area contributed by atoms with Gasteiger partial charge < -0.3 is 0 Å². The van der Waals surface area contributed by atoms with Crippen LogP contribution in [0.25, 0.3) is 11.1 Å². The average Bonchev–Trinajstić information content (AvgIpc) is 2.39. The van der Waals surface area contributed by atoms with E-state index in [4.69, 9.17) is 17.4 Å². The Hall–Kier alpha value is -2.58. The lowest BCUT2D eigenvalue weighted by Crippen LogP contribution is -1.85. The molecule has 2 aromatic carbocycles. The predicted molar refractivity (Wildman–Crippen MR) is 64.7 cm³/mol. The van der Waals surface area contributed by atoms with Crippen LogP contribution >= 0.6 is 0 Å². The average molecular weight is 216 g/mol. The highest BCUT2D eigenvalue weighted by molar-refractivity contribution is 5.69. The maximum Gasteiger partial charge on any atom is 0.0991 e. The van der Waals surface area contributed by atoms with Crippen molar-refractivity contribution in [1.29, 1.82) is 10.5 Å². The molecular weight excluding hydrogens is 208 g/mol. The Bertz CT molecular complexity index is 625. The molecule has 0 atom stereocenters. The molecule has 0 bridgehead atoms. The number of hydrogen-bond acceptors (Lipinski definition) is 2. The van der Waals surface area contributed by atoms with Crippen molar-refractivity contribution in [3.8, 4) is 23.3 Å². The summed E-state index contributed by atoms with van der Waals surface area (Å²) in [5.74, 6) is 0. The molecule has 0 spiro atoms. The first-order valence-corrected chi connectivity index (χ1v) is 5.05. The zero-order valence-electron chi connectivity index (χ0n) is 9.01. The second kappa shape index (κ2) is 4.51. The molecule has 0 amide bonds. The number of rotatable bonds is 1. The molecule has 78 valence electrons. The van der Waals surface area contributed by atoms with Crippen LogP contribution in [0.1, 0.15) is 16.7 Å². The highest BCUT2D eigenvalue weighted by Gasteiger charge is 2.03. The SMILES string of the molecule is [CH]c1cc(C#N)ccc1-c1ccc(C#N)cc1. The van der Waals surface area contributed by atoms with E-state index < -0.39 is 0 Å². The summed E-state index contributed by atoms with van der Waals surface area (Å²) in [5, 5.41) is 17.5. The number of nitrogens with zero attached hydrogens (tertiary/aromatic N) is 2. The highest BCUT2D eigenvalue weighted by atomic mass is 14.2. The molecule has 2 heteroatoms. The molecule has 0 saturated heterocycles. The fourth-order valence-corrected chi connectivity index (χ4v) is 1.62. The molecule has 2 aromatic rings. The molecule has 17 heavy (non-hydrogen) atoms. The lowest BCUT2D eigenvalue weighted by atomic mass is 9.98. The molecule has 0 aromatic heterocycles. The van der Waals surface area contributed by atoms with E-state index in [9.17, 15) is 0 Å². The Labute approximate surface area is 100 Å². The van der Waals surface area contributed by atoms with Crippen LogP contribution in [-0.2, 0) is 0 Å². The van der Waals surface area contributed by atoms with Crippen molar-refractivity contribution in [2.45, 2.75) is 0 Å². The summed E-state index contributed by atoms with van der Waals surface area (Å²) in [5.41, 5.74) is 3.52. The first-order valence-electron chi connectivity index (χ1n) is 5.05. The fraction of sp³-hybridized carbons (Fsp3) is 0. The molecule has 2 rings (SSSR count). The maximum atomic E-state index is 8.75. The molecule has 0 fully saturated rings. The van der Waals surface area contributed by atoms with Gasteiger partial charge in [0, 0.05) is 0 Å². The second-order valence-corrected chi connectivity index (χ2v) is 3.60. The highest BCUT2D eigenvalue weighted by Crippen LogP contribution is 2.24. The molecule has 2 nitrogen and oxygen atoms in total. The van der Waals surface area contributed by atoms with Crippen molar-refractivity contribution in [3.05, 3.63) is 66.1 Å². The smallest absolute Gasteiger partial charge is 0.0991 e. The Morgan fingerprint density at radius 3 is 1.94 bits per heavy atom. The van der Waals surface area contributed by atoms with Crippen LogP contribution in [0.4, 0.5) is 0 Å². The Morgan fingerprint density at radius 2 is 1.41 bits per heavy atom. The minimum Gasteiger partial charge on any atom is -0.192 e. The molecule has 0 aliphatic carbocycles. The minimum atomic E-state index is 0.542. The van der Waals surface area contributed by atoms with E-state index in [-0.39, 0.29) is 0 Å². The van der Waals surface area contributed by atoms with Crippen LogP contribution in [0.5, 0.6) is 0 Å². The molecule has 0 unspecified atom stereocenters. The van der Waals surface area contributed by atoms with E-state index in [1.165, 1.54) is 0 Å². The summed E-state index contributed by atoms with van der Waals surface area (Å²) in [4.78, 5) is 0. The Kier molecular flexibility index (Phi) is 2.90. The van der Waals surface area contributed by atoms with Crippen LogP contribution in [0.15, 0.2) is 42.5 Å². The molecule has 0 saturated carbocycles. The van der Waals surface area contributed by atoms with Crippen molar-refractivity contribution in [2.75, 3.05) is 0 Å². The van der Waals surface area contributed by atoms with Gasteiger partial charge in [-0.05, 0) is 47.9 Å². The van der Waals surface area contributed by atoms with Crippen LogP contribution in [0, 0.1) is 29.6 Å². The maximum absolute atomic E-state index is 8.75. The lowest BCUT2D eigenvalue weighted by molar-refractivity contribution is 1.46. The zero-order chi connectivity index (χ0) is 12.3. The number of hydrogen-bond donors (Lipinski definition) is 0. The van der Waals surface area contributed by atoms with Crippen molar-refractivity contribution in [2.24, 2.45) is 0 Å². The fourth-order valence-electron chi connectivity index (χ4n) is 1.62. The quantitative estimate of drug-likeness (QED) is 0.735. The first-order chi connectivity index (χ1) is 8.24. The second-order valence-electron chi connectivity index (χ2n) is 3.60. The van der Waals surface area contributed by atoms with E-state index in [2.05, 4.69) is 6.07 Å². The van der Waals surface area contributed by atoms with Crippen molar-refractivity contribution < 1.29 is 0 Å². The zero-order valence-corrected chi connectivity index (χ0v) is 9.01. The summed E-state index contributed by atoms with van der Waals surface area (Å²) >= 11 is 0. The van der Waals surface area contributed by atoms with Gasteiger partial charge in [-0.1, -0.05) is 18.2 Å². The van der Waals surface area contributed by atoms with E-state index in [0.29, 0.717) is 16.7 Å². The van der Waals surface area contributed by atoms with Crippen LogP contribution in [0.3, 0.4) is 0 Å². The third kappa shape index (κ3) is 2.17. The minimum absolute atomic E-state index is 0.542. The van der Waals surface area contributed by atoms with Crippen molar-refractivity contribution in [3.63, 3.8) is 0 Å². The van der Waals surface area contributed by atoms with E-state index >= 15 is 0 Å². The topological polar surface area (TPSA) is 47.6 Å². The lowest BCUT2D eigenvalue weighted by Gasteiger charge is -2.05. The van der Waals surface area contributed by atoms with E-state index in [1.54, 1.807) is 24.3 Å². The predicted octanol–water partition coefficient (Wildman–Crippen LogP) is 3.16. The van der Waals surface area contributed by atoms with Crippen LogP contribution in [-0.4, -0.2) is 0 Å². The van der Waals surface area contributed by atoms with Crippen molar-refractivity contribution in [1.82, 2.24) is 0 Å². The molecule has 0 aliphatic rings. The van der Waals surface area contributed by atoms with Gasteiger partial charge in [0.05, 0.1) is 23.3 Å². The van der Waals surface area contributed by atoms with Gasteiger partial charge in [0.2, 0.25) is 0 Å². The van der Waals surface area contributed by atoms with Gasteiger partial charge in [0.1, 0.15) is 0 Å². The van der Waals surface area contributed by atoms with Gasteiger partial charge in [-0.15, -0.1) is 0 Å². The molecule has 2 radical (unpaired) electrons. The summed E-state index contributed by atoms with van der Waals surface area (Å²) in [7, 11) is 0. The van der Waals surface area contributed by atoms with Crippen LogP contribution < -0.4 is 0 Å². The number of benzene rings is 2. The summed E-state index contributed by atoms with van der Waals surface area (Å²) in [6.45, 7) is 5.88. The molecule has 0 aliphatic heterocycles. The first kappa shape index (κ1) is 10.9. The van der Waals surface area contributed by atoms with Crippen molar-refractivity contribution >= 4 is 0 Å². The molecular formula is C15H8N2. The van der Waals surface area contributed by atoms with Gasteiger partial charge >= 0.3 is 0 Å². The van der Waals surface area contributed by atoms with Gasteiger partial charge in [0.25, 0.3) is 0 Å². The third-order valence-corrected chi connectivity index (χ3v) is 2.51. The van der Waals surface area contributed by atoms with Crippen LogP contribution in [0.2, 0.25) is 0 Å². The Balaban J connectivity index is 2.47. The third-order valence-electron chi connectivity index (χ3n) is 2.51. The van der Waals surface area contributed by atoms with Gasteiger partial charge in [-0.2, -0.15) is 10.5 Å². The normalized spacial score (nSPS) is 9.35.